The summed E-state index contributed by atoms with van der Waals surface area (Å²) in [6.45, 7) is 1.84. The van der Waals surface area contributed by atoms with Gasteiger partial charge in [0.05, 0.1) is 25.6 Å². The van der Waals surface area contributed by atoms with E-state index in [1.165, 1.54) is 11.3 Å². The van der Waals surface area contributed by atoms with Crippen LogP contribution < -0.4 is 14.8 Å². The lowest BCUT2D eigenvalue weighted by molar-refractivity contribution is 0.102. The first-order chi connectivity index (χ1) is 11.6. The van der Waals surface area contributed by atoms with Gasteiger partial charge in [-0.2, -0.15) is 11.3 Å². The van der Waals surface area contributed by atoms with Gasteiger partial charge in [0.25, 0.3) is 5.91 Å². The van der Waals surface area contributed by atoms with E-state index in [0.29, 0.717) is 27.8 Å². The van der Waals surface area contributed by atoms with Crippen LogP contribution >= 0.6 is 22.7 Å². The highest BCUT2D eigenvalue weighted by Crippen LogP contribution is 2.32. The van der Waals surface area contributed by atoms with Gasteiger partial charge in [0.2, 0.25) is 0 Å². The summed E-state index contributed by atoms with van der Waals surface area (Å²) in [5, 5.41) is 7.74. The number of thiazole rings is 1. The van der Waals surface area contributed by atoms with Crippen LogP contribution in [0.25, 0.3) is 10.6 Å². The summed E-state index contributed by atoms with van der Waals surface area (Å²) >= 11 is 2.99. The number of aryl methyl sites for hydroxylation is 1. The lowest BCUT2D eigenvalue weighted by Gasteiger charge is -2.11. The Hall–Kier alpha value is -2.38. The normalized spacial score (nSPS) is 10.5. The molecule has 2 heterocycles. The summed E-state index contributed by atoms with van der Waals surface area (Å²) in [7, 11) is 3.14. The summed E-state index contributed by atoms with van der Waals surface area (Å²) in [4.78, 5) is 17.7. The Morgan fingerprint density at radius 1 is 1.21 bits per heavy atom. The Morgan fingerprint density at radius 3 is 2.71 bits per heavy atom. The molecule has 0 aliphatic rings. The molecule has 1 N–H and O–H groups in total. The lowest BCUT2D eigenvalue weighted by Crippen LogP contribution is -2.12. The summed E-state index contributed by atoms with van der Waals surface area (Å²) in [6.07, 6.45) is 0. The third-order valence-corrected chi connectivity index (χ3v) is 5.32. The predicted octanol–water partition coefficient (Wildman–Crippen LogP) is 4.45. The largest absolute Gasteiger partial charge is 0.497 e. The number of rotatable bonds is 5. The van der Waals surface area contributed by atoms with Crippen LogP contribution in [-0.2, 0) is 0 Å². The summed E-state index contributed by atoms with van der Waals surface area (Å²) in [6, 6.07) is 7.25. The average Bonchev–Trinajstić information content (AvgIpc) is 3.24. The van der Waals surface area contributed by atoms with Crippen LogP contribution in [0.4, 0.5) is 5.69 Å². The maximum Gasteiger partial charge on any atom is 0.267 e. The van der Waals surface area contributed by atoms with E-state index < -0.39 is 0 Å². The number of thiophene rings is 1. The highest BCUT2D eigenvalue weighted by molar-refractivity contribution is 7.17. The van der Waals surface area contributed by atoms with Crippen LogP contribution in [0.15, 0.2) is 35.0 Å². The molecule has 1 aromatic carbocycles. The van der Waals surface area contributed by atoms with Crippen LogP contribution in [0.5, 0.6) is 11.5 Å². The molecule has 0 aliphatic carbocycles. The van der Waals surface area contributed by atoms with Gasteiger partial charge in [-0.3, -0.25) is 4.79 Å². The van der Waals surface area contributed by atoms with Crippen molar-refractivity contribution in [1.29, 1.82) is 0 Å². The van der Waals surface area contributed by atoms with Crippen LogP contribution in [0, 0.1) is 6.92 Å². The Morgan fingerprint density at radius 2 is 2.04 bits per heavy atom. The van der Waals surface area contributed by atoms with Gasteiger partial charge >= 0.3 is 0 Å². The lowest BCUT2D eigenvalue weighted by atomic mass is 10.2. The van der Waals surface area contributed by atoms with Gasteiger partial charge in [0, 0.05) is 17.0 Å². The maximum absolute atomic E-state index is 12.6. The fourth-order valence-electron chi connectivity index (χ4n) is 2.20. The standard InChI is InChI=1S/C17H16N2O3S2/c1-10-15(24-17(18-10)11-6-7-23-9-11)16(20)19-13-5-4-12(21-2)8-14(13)22-3/h4-9H,1-3H3,(H,19,20). The molecule has 124 valence electrons. The van der Waals surface area contributed by atoms with E-state index in [9.17, 15) is 4.79 Å². The minimum atomic E-state index is -0.199. The Balaban J connectivity index is 1.85. The summed E-state index contributed by atoms with van der Waals surface area (Å²) in [5.41, 5.74) is 2.34. The van der Waals surface area contributed by atoms with E-state index in [0.717, 1.165) is 10.6 Å². The van der Waals surface area contributed by atoms with Crippen LogP contribution in [-0.4, -0.2) is 25.1 Å². The molecular formula is C17H16N2O3S2. The van der Waals surface area contributed by atoms with E-state index in [1.807, 2.05) is 23.8 Å². The number of benzene rings is 1. The molecule has 3 aromatic rings. The van der Waals surface area contributed by atoms with E-state index in [1.54, 1.807) is 43.8 Å². The first-order valence-electron chi connectivity index (χ1n) is 7.15. The second kappa shape index (κ2) is 7.02. The Labute approximate surface area is 147 Å². The molecule has 0 radical (unpaired) electrons. The van der Waals surface area contributed by atoms with Gasteiger partial charge in [-0.15, -0.1) is 11.3 Å². The molecular weight excluding hydrogens is 344 g/mol. The monoisotopic (exact) mass is 360 g/mol. The fraction of sp³-hybridized carbons (Fsp3) is 0.176. The average molecular weight is 360 g/mol. The predicted molar refractivity (Wildman–Crippen MR) is 97.7 cm³/mol. The zero-order chi connectivity index (χ0) is 17.1. The molecule has 0 unspecified atom stereocenters. The molecule has 0 saturated carbocycles. The second-order valence-electron chi connectivity index (χ2n) is 4.97. The van der Waals surface area contributed by atoms with Crippen molar-refractivity contribution in [3.05, 3.63) is 45.6 Å². The van der Waals surface area contributed by atoms with E-state index in [2.05, 4.69) is 10.3 Å². The molecule has 3 rings (SSSR count). The molecule has 0 bridgehead atoms. The van der Waals surface area contributed by atoms with Gasteiger partial charge in [0.1, 0.15) is 21.4 Å². The first-order valence-corrected chi connectivity index (χ1v) is 8.91. The fourth-order valence-corrected chi connectivity index (χ4v) is 3.87. The number of anilines is 1. The molecule has 0 fully saturated rings. The number of hydrogen-bond acceptors (Lipinski definition) is 6. The topological polar surface area (TPSA) is 60.5 Å². The van der Waals surface area contributed by atoms with Gasteiger partial charge in [-0.1, -0.05) is 0 Å². The number of nitrogens with one attached hydrogen (secondary N) is 1. The van der Waals surface area contributed by atoms with Crippen LogP contribution in [0.2, 0.25) is 0 Å². The van der Waals surface area contributed by atoms with Gasteiger partial charge in [0.15, 0.2) is 0 Å². The van der Waals surface area contributed by atoms with Crippen molar-refractivity contribution in [2.24, 2.45) is 0 Å². The molecule has 0 saturated heterocycles. The highest BCUT2D eigenvalue weighted by atomic mass is 32.1. The number of methoxy groups -OCH3 is 2. The zero-order valence-corrected chi connectivity index (χ0v) is 15.1. The minimum absolute atomic E-state index is 0.199. The number of carbonyl (C=O) groups is 1. The Kier molecular flexibility index (Phi) is 4.82. The molecule has 0 spiro atoms. The van der Waals surface area contributed by atoms with Crippen molar-refractivity contribution >= 4 is 34.3 Å². The third-order valence-electron chi connectivity index (χ3n) is 3.43. The molecule has 24 heavy (non-hydrogen) atoms. The van der Waals surface area contributed by atoms with Crippen molar-refractivity contribution in [2.75, 3.05) is 19.5 Å². The summed E-state index contributed by atoms with van der Waals surface area (Å²) < 4.78 is 10.5. The number of hydrogen-bond donors (Lipinski definition) is 1. The summed E-state index contributed by atoms with van der Waals surface area (Å²) in [5.74, 6) is 1.01. The zero-order valence-electron chi connectivity index (χ0n) is 13.5. The van der Waals surface area contributed by atoms with Gasteiger partial charge in [-0.05, 0) is 30.5 Å². The molecule has 0 atom stereocenters. The molecule has 2 aromatic heterocycles. The third kappa shape index (κ3) is 3.27. The molecule has 0 aliphatic heterocycles. The Bertz CT molecular complexity index is 857. The molecule has 7 heteroatoms. The van der Waals surface area contributed by atoms with Crippen molar-refractivity contribution in [1.82, 2.24) is 4.98 Å². The number of carbonyl (C=O) groups excluding carboxylic acids is 1. The first kappa shape index (κ1) is 16.5. The number of aromatic nitrogens is 1. The van der Waals surface area contributed by atoms with Crippen LogP contribution in [0.1, 0.15) is 15.4 Å². The number of ether oxygens (including phenoxy) is 2. The molecule has 5 nitrogen and oxygen atoms in total. The van der Waals surface area contributed by atoms with Crippen molar-refractivity contribution in [2.45, 2.75) is 6.92 Å². The SMILES string of the molecule is COc1ccc(NC(=O)c2sc(-c3ccsc3)nc2C)c(OC)c1. The maximum atomic E-state index is 12.6. The van der Waals surface area contributed by atoms with E-state index in [-0.39, 0.29) is 5.91 Å². The highest BCUT2D eigenvalue weighted by Gasteiger charge is 2.18. The minimum Gasteiger partial charge on any atom is -0.497 e. The molecule has 1 amide bonds. The van der Waals surface area contributed by atoms with Crippen molar-refractivity contribution in [3.8, 4) is 22.1 Å². The quantitative estimate of drug-likeness (QED) is 0.730. The van der Waals surface area contributed by atoms with Gasteiger partial charge in [-0.25, -0.2) is 4.98 Å². The van der Waals surface area contributed by atoms with Crippen molar-refractivity contribution < 1.29 is 14.3 Å². The second-order valence-corrected chi connectivity index (χ2v) is 6.75. The van der Waals surface area contributed by atoms with Crippen LogP contribution in [0.3, 0.4) is 0 Å². The number of nitrogens with zero attached hydrogens (tertiary/aromatic N) is 1. The van der Waals surface area contributed by atoms with Crippen molar-refractivity contribution in [3.63, 3.8) is 0 Å². The van der Waals surface area contributed by atoms with Gasteiger partial charge < -0.3 is 14.8 Å². The number of amides is 1. The van der Waals surface area contributed by atoms with E-state index >= 15 is 0 Å². The van der Waals surface area contributed by atoms with E-state index in [4.69, 9.17) is 9.47 Å². The smallest absolute Gasteiger partial charge is 0.267 e.